The first-order valence-electron chi connectivity index (χ1n) is 6.34. The van der Waals surface area contributed by atoms with E-state index in [9.17, 15) is 0 Å². The van der Waals surface area contributed by atoms with Crippen molar-refractivity contribution in [1.29, 1.82) is 0 Å². The molecule has 7 heteroatoms. The molecule has 0 saturated heterocycles. The molecule has 0 aliphatic carbocycles. The van der Waals surface area contributed by atoms with E-state index in [-0.39, 0.29) is 0 Å². The molecule has 0 aliphatic heterocycles. The molecule has 2 N–H and O–H groups in total. The van der Waals surface area contributed by atoms with Crippen LogP contribution < -0.4 is 10.6 Å². The van der Waals surface area contributed by atoms with Crippen LogP contribution >= 0.6 is 0 Å². The first-order valence-corrected chi connectivity index (χ1v) is 6.34. The topological polar surface area (TPSA) is 80.6 Å². The van der Waals surface area contributed by atoms with E-state index >= 15 is 0 Å². The summed E-state index contributed by atoms with van der Waals surface area (Å²) in [5.74, 6) is 2.55. The molecule has 0 aliphatic rings. The van der Waals surface area contributed by atoms with Crippen molar-refractivity contribution in [2.75, 3.05) is 17.2 Å². The summed E-state index contributed by atoms with van der Waals surface area (Å²) >= 11 is 0. The molecule has 19 heavy (non-hydrogen) atoms. The zero-order chi connectivity index (χ0) is 13.7. The lowest BCUT2D eigenvalue weighted by atomic mass is 10.3. The van der Waals surface area contributed by atoms with Crippen molar-refractivity contribution < 1.29 is 0 Å². The molecule has 0 atom stereocenters. The van der Waals surface area contributed by atoms with Gasteiger partial charge in [-0.3, -0.25) is 0 Å². The Morgan fingerprint density at radius 1 is 1.21 bits per heavy atom. The maximum Gasteiger partial charge on any atom is 0.151 e. The predicted octanol–water partition coefficient (Wildman–Crippen LogP) is 1.35. The van der Waals surface area contributed by atoms with Gasteiger partial charge in [-0.25, -0.2) is 9.97 Å². The van der Waals surface area contributed by atoms with Crippen LogP contribution in [0, 0.1) is 6.92 Å². The minimum Gasteiger partial charge on any atom is -0.370 e. The molecule has 2 aromatic heterocycles. The highest BCUT2D eigenvalue weighted by Gasteiger charge is 2.07. The number of aromatic nitrogens is 5. The Morgan fingerprint density at radius 3 is 2.58 bits per heavy atom. The first kappa shape index (κ1) is 13.3. The van der Waals surface area contributed by atoms with Gasteiger partial charge in [-0.2, -0.15) is 0 Å². The number of nitrogens with one attached hydrogen (secondary N) is 2. The lowest BCUT2D eigenvalue weighted by molar-refractivity contribution is 0.809. The number of rotatable bonds is 6. The fourth-order valence-corrected chi connectivity index (χ4v) is 1.68. The zero-order valence-corrected chi connectivity index (χ0v) is 11.5. The van der Waals surface area contributed by atoms with Gasteiger partial charge < -0.3 is 15.2 Å². The highest BCUT2D eigenvalue weighted by molar-refractivity contribution is 5.56. The zero-order valence-electron chi connectivity index (χ0n) is 11.5. The van der Waals surface area contributed by atoms with Gasteiger partial charge in [0.2, 0.25) is 0 Å². The van der Waals surface area contributed by atoms with Crippen molar-refractivity contribution in [1.82, 2.24) is 24.7 Å². The van der Waals surface area contributed by atoms with Crippen molar-refractivity contribution in [3.05, 3.63) is 24.0 Å². The van der Waals surface area contributed by atoms with Gasteiger partial charge in [0.25, 0.3) is 0 Å². The molecule has 0 spiro atoms. The third-order valence-electron chi connectivity index (χ3n) is 2.85. The maximum absolute atomic E-state index is 4.26. The highest BCUT2D eigenvalue weighted by atomic mass is 15.3. The molecular formula is C12H19N7. The summed E-state index contributed by atoms with van der Waals surface area (Å²) < 4.78 is 1.87. The lowest BCUT2D eigenvalue weighted by Gasteiger charge is -2.12. The fourth-order valence-electron chi connectivity index (χ4n) is 1.68. The van der Waals surface area contributed by atoms with E-state index in [4.69, 9.17) is 0 Å². The van der Waals surface area contributed by atoms with Crippen LogP contribution in [-0.4, -0.2) is 31.3 Å². The highest BCUT2D eigenvalue weighted by Crippen LogP contribution is 2.18. The Balaban J connectivity index is 2.06. The average Bonchev–Trinajstić information content (AvgIpc) is 2.82. The quantitative estimate of drug-likeness (QED) is 0.817. The van der Waals surface area contributed by atoms with Gasteiger partial charge in [-0.1, -0.05) is 6.92 Å². The molecule has 2 heterocycles. The largest absolute Gasteiger partial charge is 0.370 e. The van der Waals surface area contributed by atoms with Gasteiger partial charge in [0.1, 0.15) is 24.3 Å². The van der Waals surface area contributed by atoms with Gasteiger partial charge in [0, 0.05) is 19.2 Å². The van der Waals surface area contributed by atoms with E-state index < -0.39 is 0 Å². The summed E-state index contributed by atoms with van der Waals surface area (Å²) in [7, 11) is 1.91. The normalized spacial score (nSPS) is 10.5. The van der Waals surface area contributed by atoms with E-state index in [2.05, 4.69) is 37.7 Å². The minimum absolute atomic E-state index is 0.585. The van der Waals surface area contributed by atoms with Crippen LogP contribution in [0.3, 0.4) is 0 Å². The van der Waals surface area contributed by atoms with Crippen LogP contribution in [0.15, 0.2) is 12.7 Å². The molecule has 2 rings (SSSR count). The Bertz CT molecular complexity index is 535. The molecule has 2 aromatic rings. The number of hydrogen-bond acceptors (Lipinski definition) is 6. The molecule has 0 amide bonds. The van der Waals surface area contributed by atoms with Crippen LogP contribution in [0.5, 0.6) is 0 Å². The molecule has 0 unspecified atom stereocenters. The maximum atomic E-state index is 4.26. The van der Waals surface area contributed by atoms with Crippen LogP contribution in [-0.2, 0) is 13.6 Å². The third kappa shape index (κ3) is 3.18. The van der Waals surface area contributed by atoms with Gasteiger partial charge >= 0.3 is 0 Å². The van der Waals surface area contributed by atoms with E-state index in [0.29, 0.717) is 6.54 Å². The SMILES string of the molecule is CCCNc1ncnc(NCc2nncn2C)c1C. The summed E-state index contributed by atoms with van der Waals surface area (Å²) in [6.07, 6.45) is 4.30. The third-order valence-corrected chi connectivity index (χ3v) is 2.85. The number of hydrogen-bond donors (Lipinski definition) is 2. The molecule has 0 bridgehead atoms. The second-order valence-electron chi connectivity index (χ2n) is 4.33. The van der Waals surface area contributed by atoms with Crippen LogP contribution in [0.25, 0.3) is 0 Å². The van der Waals surface area contributed by atoms with Crippen LogP contribution in [0.2, 0.25) is 0 Å². The van der Waals surface area contributed by atoms with E-state index in [1.807, 2.05) is 18.5 Å². The van der Waals surface area contributed by atoms with Crippen LogP contribution in [0.4, 0.5) is 11.6 Å². The summed E-state index contributed by atoms with van der Waals surface area (Å²) in [5, 5.41) is 14.4. The average molecular weight is 261 g/mol. The van der Waals surface area contributed by atoms with E-state index in [0.717, 1.165) is 36.0 Å². The smallest absolute Gasteiger partial charge is 0.151 e. The molecule has 0 radical (unpaired) electrons. The molecule has 102 valence electrons. The Morgan fingerprint density at radius 2 is 1.95 bits per heavy atom. The standard InChI is InChI=1S/C12H19N7/c1-4-5-13-11-9(2)12(16-7-15-11)14-6-10-18-17-8-19(10)3/h7-8H,4-6H2,1-3H3,(H2,13,14,15,16). The van der Waals surface area contributed by atoms with Gasteiger partial charge in [-0.15, -0.1) is 10.2 Å². The molecule has 7 nitrogen and oxygen atoms in total. The molecule has 0 fully saturated rings. The molecule has 0 saturated carbocycles. The summed E-state index contributed by atoms with van der Waals surface area (Å²) in [6.45, 7) is 5.61. The van der Waals surface area contributed by atoms with Gasteiger partial charge in [-0.05, 0) is 13.3 Å². The second kappa shape index (κ2) is 6.12. The van der Waals surface area contributed by atoms with Crippen molar-refractivity contribution >= 4 is 11.6 Å². The van der Waals surface area contributed by atoms with E-state index in [1.165, 1.54) is 0 Å². The summed E-state index contributed by atoms with van der Waals surface area (Å²) in [4.78, 5) is 8.50. The predicted molar refractivity (Wildman–Crippen MR) is 73.9 cm³/mol. The summed E-state index contributed by atoms with van der Waals surface area (Å²) in [5.41, 5.74) is 1.01. The van der Waals surface area contributed by atoms with Crippen molar-refractivity contribution in [3.8, 4) is 0 Å². The molecule has 0 aromatic carbocycles. The van der Waals surface area contributed by atoms with Crippen molar-refractivity contribution in [2.24, 2.45) is 7.05 Å². The first-order chi connectivity index (χ1) is 9.22. The second-order valence-corrected chi connectivity index (χ2v) is 4.33. The Hall–Kier alpha value is -2.18. The van der Waals surface area contributed by atoms with E-state index in [1.54, 1.807) is 12.7 Å². The minimum atomic E-state index is 0.585. The lowest BCUT2D eigenvalue weighted by Crippen LogP contribution is -2.10. The number of anilines is 2. The van der Waals surface area contributed by atoms with Crippen LogP contribution in [0.1, 0.15) is 24.7 Å². The Kier molecular flexibility index (Phi) is 4.27. The number of aryl methyl sites for hydroxylation is 1. The number of nitrogens with zero attached hydrogens (tertiary/aromatic N) is 5. The molecular weight excluding hydrogens is 242 g/mol. The fraction of sp³-hybridized carbons (Fsp3) is 0.500. The van der Waals surface area contributed by atoms with Crippen molar-refractivity contribution in [2.45, 2.75) is 26.8 Å². The van der Waals surface area contributed by atoms with Gasteiger partial charge in [0.05, 0.1) is 6.54 Å². The summed E-state index contributed by atoms with van der Waals surface area (Å²) in [6, 6.07) is 0. The van der Waals surface area contributed by atoms with Crippen molar-refractivity contribution in [3.63, 3.8) is 0 Å². The Labute approximate surface area is 112 Å². The van der Waals surface area contributed by atoms with Gasteiger partial charge in [0.15, 0.2) is 5.82 Å². The monoisotopic (exact) mass is 261 g/mol.